The molecule has 2 aromatic carbocycles. The van der Waals surface area contributed by atoms with Crippen LogP contribution in [0.4, 0.5) is 5.69 Å². The van der Waals surface area contributed by atoms with Crippen LogP contribution in [0, 0.1) is 0 Å². The monoisotopic (exact) mass is 269 g/mol. The van der Waals surface area contributed by atoms with E-state index in [9.17, 15) is 15.0 Å². The highest BCUT2D eigenvalue weighted by Gasteiger charge is 2.42. The number of aromatic hydroxyl groups is 1. The maximum atomic E-state index is 12.3. The van der Waals surface area contributed by atoms with Crippen LogP contribution in [0.25, 0.3) is 0 Å². The number of hydrogen-bond donors (Lipinski definition) is 3. The second-order valence-electron chi connectivity index (χ2n) is 5.13. The third kappa shape index (κ3) is 2.14. The van der Waals surface area contributed by atoms with E-state index in [1.54, 1.807) is 18.2 Å². The normalized spacial score (nSPS) is 15.7. The van der Waals surface area contributed by atoms with Crippen LogP contribution in [-0.2, 0) is 17.6 Å². The summed E-state index contributed by atoms with van der Waals surface area (Å²) in [7, 11) is 0. The molecular formula is C16H15NO3. The summed E-state index contributed by atoms with van der Waals surface area (Å²) in [6.45, 7) is 0. The molecule has 0 aromatic heterocycles. The Kier molecular flexibility index (Phi) is 2.95. The molecule has 3 N–H and O–H groups in total. The predicted molar refractivity (Wildman–Crippen MR) is 75.5 cm³/mol. The lowest BCUT2D eigenvalue weighted by Gasteiger charge is -2.21. The molecule has 0 aliphatic heterocycles. The van der Waals surface area contributed by atoms with Crippen molar-refractivity contribution >= 4 is 11.6 Å². The summed E-state index contributed by atoms with van der Waals surface area (Å²) in [4.78, 5) is 12.3. The van der Waals surface area contributed by atoms with Crippen LogP contribution in [0.5, 0.6) is 5.75 Å². The lowest BCUT2D eigenvalue weighted by molar-refractivity contribution is -0.133. The molecule has 1 aliphatic rings. The first kappa shape index (κ1) is 12.7. The smallest absolute Gasteiger partial charge is 0.257 e. The Hall–Kier alpha value is -2.33. The minimum atomic E-state index is -1.45. The lowest BCUT2D eigenvalue weighted by Crippen LogP contribution is -2.43. The second-order valence-corrected chi connectivity index (χ2v) is 5.13. The van der Waals surface area contributed by atoms with Crippen LogP contribution in [-0.4, -0.2) is 21.7 Å². The van der Waals surface area contributed by atoms with E-state index in [2.05, 4.69) is 5.32 Å². The number of phenols is 1. The van der Waals surface area contributed by atoms with Crippen LogP contribution < -0.4 is 5.32 Å². The Morgan fingerprint density at radius 3 is 2.15 bits per heavy atom. The zero-order valence-corrected chi connectivity index (χ0v) is 10.8. The molecule has 0 heterocycles. The highest BCUT2D eigenvalue weighted by Crippen LogP contribution is 2.32. The van der Waals surface area contributed by atoms with Crippen molar-refractivity contribution in [1.29, 1.82) is 0 Å². The molecule has 0 spiro atoms. The fourth-order valence-electron chi connectivity index (χ4n) is 2.57. The molecule has 0 radical (unpaired) electrons. The minimum absolute atomic E-state index is 0.0139. The summed E-state index contributed by atoms with van der Waals surface area (Å²) in [5.74, 6) is -0.504. The van der Waals surface area contributed by atoms with E-state index >= 15 is 0 Å². The van der Waals surface area contributed by atoms with Gasteiger partial charge in [0.2, 0.25) is 0 Å². The molecule has 0 saturated heterocycles. The average Bonchev–Trinajstić information content (AvgIpc) is 2.79. The van der Waals surface area contributed by atoms with E-state index in [1.807, 2.05) is 24.3 Å². The van der Waals surface area contributed by atoms with Gasteiger partial charge in [-0.05, 0) is 23.3 Å². The number of para-hydroxylation sites is 2. The van der Waals surface area contributed by atoms with Crippen molar-refractivity contribution in [2.45, 2.75) is 18.4 Å². The maximum Gasteiger partial charge on any atom is 0.257 e. The van der Waals surface area contributed by atoms with Crippen molar-refractivity contribution in [1.82, 2.24) is 0 Å². The number of rotatable bonds is 2. The predicted octanol–water partition coefficient (Wildman–Crippen LogP) is 1.86. The zero-order valence-electron chi connectivity index (χ0n) is 10.8. The van der Waals surface area contributed by atoms with Gasteiger partial charge < -0.3 is 15.5 Å². The van der Waals surface area contributed by atoms with Crippen LogP contribution in [0.3, 0.4) is 0 Å². The first-order chi connectivity index (χ1) is 9.58. The number of nitrogens with one attached hydrogen (secondary N) is 1. The van der Waals surface area contributed by atoms with E-state index in [0.717, 1.165) is 11.1 Å². The number of aliphatic hydroxyl groups is 1. The molecule has 0 bridgehead atoms. The van der Waals surface area contributed by atoms with Crippen molar-refractivity contribution in [3.63, 3.8) is 0 Å². The van der Waals surface area contributed by atoms with Gasteiger partial charge in [-0.2, -0.15) is 0 Å². The van der Waals surface area contributed by atoms with Gasteiger partial charge in [-0.15, -0.1) is 0 Å². The summed E-state index contributed by atoms with van der Waals surface area (Å²) in [5, 5.41) is 22.8. The number of phenolic OH excluding ortho intramolecular Hbond substituents is 1. The van der Waals surface area contributed by atoms with Crippen LogP contribution >= 0.6 is 0 Å². The summed E-state index contributed by atoms with van der Waals surface area (Å²) in [6, 6.07) is 14.1. The molecule has 0 atom stereocenters. The molecule has 2 aromatic rings. The van der Waals surface area contributed by atoms with Crippen molar-refractivity contribution in [2.75, 3.05) is 5.32 Å². The largest absolute Gasteiger partial charge is 0.506 e. The summed E-state index contributed by atoms with van der Waals surface area (Å²) in [6.07, 6.45) is 0.588. The second kappa shape index (κ2) is 4.65. The highest BCUT2D eigenvalue weighted by atomic mass is 16.3. The van der Waals surface area contributed by atoms with Gasteiger partial charge in [0.25, 0.3) is 5.91 Å². The zero-order chi connectivity index (χ0) is 14.2. The van der Waals surface area contributed by atoms with Crippen LogP contribution in [0.2, 0.25) is 0 Å². The van der Waals surface area contributed by atoms with Crippen LogP contribution in [0.1, 0.15) is 11.1 Å². The van der Waals surface area contributed by atoms with Crippen molar-refractivity contribution < 1.29 is 15.0 Å². The van der Waals surface area contributed by atoms with Gasteiger partial charge in [0.15, 0.2) is 5.60 Å². The Morgan fingerprint density at radius 2 is 1.55 bits per heavy atom. The van der Waals surface area contributed by atoms with Crippen molar-refractivity contribution in [3.05, 3.63) is 59.7 Å². The molecule has 4 nitrogen and oxygen atoms in total. The number of amides is 1. The van der Waals surface area contributed by atoms with E-state index in [1.165, 1.54) is 6.07 Å². The third-order valence-corrected chi connectivity index (χ3v) is 3.66. The quantitative estimate of drug-likeness (QED) is 0.729. The summed E-state index contributed by atoms with van der Waals surface area (Å²) in [5.41, 5.74) is 0.832. The van der Waals surface area contributed by atoms with E-state index in [4.69, 9.17) is 0 Å². The van der Waals surface area contributed by atoms with Crippen LogP contribution in [0.15, 0.2) is 48.5 Å². The third-order valence-electron chi connectivity index (χ3n) is 3.66. The first-order valence-electron chi connectivity index (χ1n) is 6.47. The first-order valence-corrected chi connectivity index (χ1v) is 6.47. The molecule has 3 rings (SSSR count). The fraction of sp³-hybridized carbons (Fsp3) is 0.188. The molecule has 4 heteroatoms. The Balaban J connectivity index is 1.81. The average molecular weight is 269 g/mol. The Bertz CT molecular complexity index is 641. The molecule has 1 amide bonds. The van der Waals surface area contributed by atoms with Gasteiger partial charge in [-0.3, -0.25) is 4.79 Å². The fourth-order valence-corrected chi connectivity index (χ4v) is 2.57. The minimum Gasteiger partial charge on any atom is -0.506 e. The number of benzene rings is 2. The maximum absolute atomic E-state index is 12.3. The number of anilines is 1. The number of fused-ring (bicyclic) bond motifs is 1. The topological polar surface area (TPSA) is 69.6 Å². The molecule has 0 unspecified atom stereocenters. The Morgan fingerprint density at radius 1 is 1.00 bits per heavy atom. The van der Waals surface area contributed by atoms with Gasteiger partial charge in [0.1, 0.15) is 5.75 Å². The SMILES string of the molecule is O=C(Nc1ccccc1O)C1(O)Cc2ccccc2C1. The molecule has 20 heavy (non-hydrogen) atoms. The van der Waals surface area contributed by atoms with Gasteiger partial charge in [-0.25, -0.2) is 0 Å². The lowest BCUT2D eigenvalue weighted by atomic mass is 9.99. The van der Waals surface area contributed by atoms with Gasteiger partial charge in [0, 0.05) is 12.8 Å². The van der Waals surface area contributed by atoms with Crippen molar-refractivity contribution in [2.24, 2.45) is 0 Å². The molecule has 1 aliphatic carbocycles. The standard InChI is InChI=1S/C16H15NO3/c18-14-8-4-3-7-13(14)17-15(19)16(20)9-11-5-1-2-6-12(11)10-16/h1-8,18,20H,9-10H2,(H,17,19). The van der Waals surface area contributed by atoms with E-state index in [-0.39, 0.29) is 5.75 Å². The summed E-state index contributed by atoms with van der Waals surface area (Å²) < 4.78 is 0. The van der Waals surface area contributed by atoms with Gasteiger partial charge in [-0.1, -0.05) is 36.4 Å². The van der Waals surface area contributed by atoms with Crippen molar-refractivity contribution in [3.8, 4) is 5.75 Å². The summed E-state index contributed by atoms with van der Waals surface area (Å²) >= 11 is 0. The number of hydrogen-bond acceptors (Lipinski definition) is 3. The van der Waals surface area contributed by atoms with Gasteiger partial charge >= 0.3 is 0 Å². The molecule has 0 saturated carbocycles. The molecular weight excluding hydrogens is 254 g/mol. The number of carbonyl (C=O) groups is 1. The Labute approximate surface area is 116 Å². The van der Waals surface area contributed by atoms with Gasteiger partial charge in [0.05, 0.1) is 5.69 Å². The highest BCUT2D eigenvalue weighted by molar-refractivity contribution is 5.99. The van der Waals surface area contributed by atoms with E-state index in [0.29, 0.717) is 18.5 Å². The molecule has 102 valence electrons. The molecule has 0 fully saturated rings. The van der Waals surface area contributed by atoms with E-state index < -0.39 is 11.5 Å². The number of carbonyl (C=O) groups excluding carboxylic acids is 1.